The summed E-state index contributed by atoms with van der Waals surface area (Å²) in [5.74, 6) is 0.870. The summed E-state index contributed by atoms with van der Waals surface area (Å²) in [5, 5.41) is 4.46. The second-order valence-electron chi connectivity index (χ2n) is 3.07. The van der Waals surface area contributed by atoms with Crippen LogP contribution in [0, 0.1) is 12.8 Å². The summed E-state index contributed by atoms with van der Waals surface area (Å²) < 4.78 is 0. The Morgan fingerprint density at radius 2 is 2.55 bits per heavy atom. The number of hydrogen-bond acceptors (Lipinski definition) is 3. The van der Waals surface area contributed by atoms with Gasteiger partial charge in [-0.15, -0.1) is 11.3 Å². The van der Waals surface area contributed by atoms with Crippen molar-refractivity contribution < 1.29 is 0 Å². The summed E-state index contributed by atoms with van der Waals surface area (Å²) in [6.45, 7) is 4.45. The molecule has 0 radical (unpaired) electrons. The highest BCUT2D eigenvalue weighted by atomic mass is 32.1. The molecule has 1 aromatic heterocycles. The van der Waals surface area contributed by atoms with Crippen molar-refractivity contribution in [2.24, 2.45) is 5.92 Å². The molecule has 60 valence electrons. The van der Waals surface area contributed by atoms with Crippen LogP contribution in [-0.2, 0) is 6.42 Å². The lowest BCUT2D eigenvalue weighted by Crippen LogP contribution is -2.42. The minimum absolute atomic E-state index is 0.870. The lowest BCUT2D eigenvalue weighted by atomic mass is 9.99. The lowest BCUT2D eigenvalue weighted by molar-refractivity contribution is 0.348. The maximum Gasteiger partial charge on any atom is 0.0896 e. The molecule has 1 aliphatic heterocycles. The van der Waals surface area contributed by atoms with E-state index in [2.05, 4.69) is 17.2 Å². The molecular formula is C8H12N2S. The van der Waals surface area contributed by atoms with Crippen molar-refractivity contribution in [2.45, 2.75) is 13.3 Å². The Balaban J connectivity index is 1.95. The van der Waals surface area contributed by atoms with Crippen LogP contribution in [0.15, 0.2) is 6.20 Å². The van der Waals surface area contributed by atoms with E-state index in [4.69, 9.17) is 0 Å². The fraction of sp³-hybridized carbons (Fsp3) is 0.625. The molecule has 1 saturated heterocycles. The first-order chi connectivity index (χ1) is 5.34. The van der Waals surface area contributed by atoms with E-state index in [9.17, 15) is 0 Å². The highest BCUT2D eigenvalue weighted by Gasteiger charge is 2.17. The normalized spacial score (nSPS) is 18.3. The van der Waals surface area contributed by atoms with E-state index >= 15 is 0 Å². The van der Waals surface area contributed by atoms with Gasteiger partial charge in [-0.05, 0) is 32.4 Å². The van der Waals surface area contributed by atoms with Crippen LogP contribution < -0.4 is 5.32 Å². The Kier molecular flexibility index (Phi) is 1.92. The van der Waals surface area contributed by atoms with Crippen molar-refractivity contribution in [1.29, 1.82) is 0 Å². The zero-order valence-electron chi connectivity index (χ0n) is 6.63. The lowest BCUT2D eigenvalue weighted by Gasteiger charge is -2.26. The largest absolute Gasteiger partial charge is 0.316 e. The molecule has 0 aromatic carbocycles. The summed E-state index contributed by atoms with van der Waals surface area (Å²) in [7, 11) is 0. The molecule has 11 heavy (non-hydrogen) atoms. The standard InChI is InChI=1S/C8H12N2S/c1-6-10-5-8(11-6)2-7-3-9-4-7/h5,7,9H,2-4H2,1H3. The van der Waals surface area contributed by atoms with Crippen LogP contribution in [-0.4, -0.2) is 18.1 Å². The van der Waals surface area contributed by atoms with Gasteiger partial charge in [-0.25, -0.2) is 4.98 Å². The summed E-state index contributed by atoms with van der Waals surface area (Å²) in [5.41, 5.74) is 0. The Bertz CT molecular complexity index is 240. The zero-order chi connectivity index (χ0) is 7.68. The molecule has 0 spiro atoms. The minimum atomic E-state index is 0.870. The first-order valence-electron chi connectivity index (χ1n) is 3.96. The van der Waals surface area contributed by atoms with E-state index < -0.39 is 0 Å². The second-order valence-corrected chi connectivity index (χ2v) is 4.39. The molecule has 0 atom stereocenters. The topological polar surface area (TPSA) is 24.9 Å². The van der Waals surface area contributed by atoms with E-state index in [0.717, 1.165) is 5.92 Å². The molecule has 3 heteroatoms. The van der Waals surface area contributed by atoms with Gasteiger partial charge in [0, 0.05) is 11.1 Å². The van der Waals surface area contributed by atoms with Crippen LogP contribution in [0.2, 0.25) is 0 Å². The Morgan fingerprint density at radius 1 is 1.73 bits per heavy atom. The van der Waals surface area contributed by atoms with Crippen LogP contribution in [0.4, 0.5) is 0 Å². The van der Waals surface area contributed by atoms with Crippen LogP contribution in [0.1, 0.15) is 9.88 Å². The Hall–Kier alpha value is -0.410. The van der Waals surface area contributed by atoms with Crippen molar-refractivity contribution in [3.63, 3.8) is 0 Å². The minimum Gasteiger partial charge on any atom is -0.316 e. The number of rotatable bonds is 2. The fourth-order valence-corrected chi connectivity index (χ4v) is 2.19. The highest BCUT2D eigenvalue weighted by Crippen LogP contribution is 2.17. The molecule has 0 saturated carbocycles. The molecule has 1 aromatic rings. The molecule has 1 N–H and O–H groups in total. The molecule has 0 unspecified atom stereocenters. The third-order valence-electron chi connectivity index (χ3n) is 2.03. The number of hydrogen-bond donors (Lipinski definition) is 1. The summed E-state index contributed by atoms with van der Waals surface area (Å²) in [6.07, 6.45) is 3.23. The van der Waals surface area contributed by atoms with Gasteiger partial charge in [-0.2, -0.15) is 0 Å². The average Bonchev–Trinajstić information content (AvgIpc) is 2.27. The molecule has 1 aliphatic rings. The van der Waals surface area contributed by atoms with Gasteiger partial charge in [-0.1, -0.05) is 0 Å². The first-order valence-corrected chi connectivity index (χ1v) is 4.78. The molecule has 0 amide bonds. The van der Waals surface area contributed by atoms with E-state index in [0.29, 0.717) is 0 Å². The predicted octanol–water partition coefficient (Wildman–Crippen LogP) is 1.21. The van der Waals surface area contributed by atoms with Gasteiger partial charge in [0.15, 0.2) is 0 Å². The van der Waals surface area contributed by atoms with E-state index in [1.54, 1.807) is 0 Å². The summed E-state index contributed by atoms with van der Waals surface area (Å²) >= 11 is 1.83. The van der Waals surface area contributed by atoms with Crippen molar-refractivity contribution in [3.05, 3.63) is 16.1 Å². The van der Waals surface area contributed by atoms with Crippen molar-refractivity contribution in [2.75, 3.05) is 13.1 Å². The first kappa shape index (κ1) is 7.25. The highest BCUT2D eigenvalue weighted by molar-refractivity contribution is 7.11. The van der Waals surface area contributed by atoms with Gasteiger partial charge < -0.3 is 5.32 Å². The SMILES string of the molecule is Cc1ncc(CC2CNC2)s1. The molecular weight excluding hydrogens is 156 g/mol. The van der Waals surface area contributed by atoms with E-state index in [1.165, 1.54) is 29.4 Å². The molecule has 2 heterocycles. The van der Waals surface area contributed by atoms with Crippen molar-refractivity contribution in [3.8, 4) is 0 Å². The van der Waals surface area contributed by atoms with Crippen molar-refractivity contribution >= 4 is 11.3 Å². The summed E-state index contributed by atoms with van der Waals surface area (Å²) in [4.78, 5) is 5.67. The van der Waals surface area contributed by atoms with Gasteiger partial charge in [0.25, 0.3) is 0 Å². The van der Waals surface area contributed by atoms with Gasteiger partial charge >= 0.3 is 0 Å². The smallest absolute Gasteiger partial charge is 0.0896 e. The molecule has 2 rings (SSSR count). The fourth-order valence-electron chi connectivity index (χ4n) is 1.28. The zero-order valence-corrected chi connectivity index (χ0v) is 7.45. The maximum absolute atomic E-state index is 4.23. The second kappa shape index (κ2) is 2.91. The maximum atomic E-state index is 4.23. The number of aryl methyl sites for hydroxylation is 1. The van der Waals surface area contributed by atoms with Gasteiger partial charge in [0.2, 0.25) is 0 Å². The number of nitrogens with zero attached hydrogens (tertiary/aromatic N) is 1. The van der Waals surface area contributed by atoms with Crippen LogP contribution in [0.25, 0.3) is 0 Å². The van der Waals surface area contributed by atoms with Crippen LogP contribution in [0.5, 0.6) is 0 Å². The molecule has 1 fully saturated rings. The third kappa shape index (κ3) is 1.60. The number of aromatic nitrogens is 1. The van der Waals surface area contributed by atoms with E-state index in [-0.39, 0.29) is 0 Å². The number of nitrogens with one attached hydrogen (secondary N) is 1. The third-order valence-corrected chi connectivity index (χ3v) is 2.96. The monoisotopic (exact) mass is 168 g/mol. The quantitative estimate of drug-likeness (QED) is 0.718. The van der Waals surface area contributed by atoms with E-state index in [1.807, 2.05) is 17.5 Å². The average molecular weight is 168 g/mol. The van der Waals surface area contributed by atoms with Gasteiger partial charge in [0.1, 0.15) is 0 Å². The molecule has 0 bridgehead atoms. The Morgan fingerprint density at radius 3 is 3.00 bits per heavy atom. The number of thiazole rings is 1. The van der Waals surface area contributed by atoms with Crippen LogP contribution in [0.3, 0.4) is 0 Å². The Labute approximate surface area is 70.7 Å². The molecule has 2 nitrogen and oxygen atoms in total. The van der Waals surface area contributed by atoms with Crippen LogP contribution >= 0.6 is 11.3 Å². The predicted molar refractivity (Wildman–Crippen MR) is 46.9 cm³/mol. The van der Waals surface area contributed by atoms with Gasteiger partial charge in [-0.3, -0.25) is 0 Å². The van der Waals surface area contributed by atoms with Gasteiger partial charge in [0.05, 0.1) is 5.01 Å². The van der Waals surface area contributed by atoms with Crippen molar-refractivity contribution in [1.82, 2.24) is 10.3 Å². The molecule has 0 aliphatic carbocycles. The summed E-state index contributed by atoms with van der Waals surface area (Å²) in [6, 6.07) is 0.